The molecule has 6 heteroatoms. The van der Waals surface area contributed by atoms with Crippen molar-refractivity contribution in [3.05, 3.63) is 54.2 Å². The molecule has 6 nitrogen and oxygen atoms in total. The molecule has 2 rings (SSSR count). The SMILES string of the molecule is CN(C)C(CN=C(N)NCCc1ccccn1)c1ccco1. The van der Waals surface area contributed by atoms with Crippen LogP contribution in [0.5, 0.6) is 0 Å². The summed E-state index contributed by atoms with van der Waals surface area (Å²) >= 11 is 0. The van der Waals surface area contributed by atoms with Crippen LogP contribution < -0.4 is 11.1 Å². The van der Waals surface area contributed by atoms with Gasteiger partial charge in [-0.05, 0) is 38.4 Å². The van der Waals surface area contributed by atoms with Gasteiger partial charge in [-0.3, -0.25) is 14.9 Å². The third kappa shape index (κ3) is 4.89. The highest BCUT2D eigenvalue weighted by atomic mass is 16.3. The third-order valence-electron chi connectivity index (χ3n) is 3.34. The first-order chi connectivity index (χ1) is 10.7. The van der Waals surface area contributed by atoms with E-state index in [1.165, 1.54) is 0 Å². The first-order valence-electron chi connectivity index (χ1n) is 7.30. The van der Waals surface area contributed by atoms with Crippen LogP contribution in [-0.2, 0) is 6.42 Å². The molecule has 2 heterocycles. The van der Waals surface area contributed by atoms with Crippen molar-refractivity contribution >= 4 is 5.96 Å². The summed E-state index contributed by atoms with van der Waals surface area (Å²) in [5.74, 6) is 1.32. The van der Waals surface area contributed by atoms with E-state index in [0.717, 1.165) is 17.9 Å². The predicted octanol–water partition coefficient (Wildman–Crippen LogP) is 1.42. The fraction of sp³-hybridized carbons (Fsp3) is 0.375. The number of rotatable bonds is 7. The average Bonchev–Trinajstić information content (AvgIpc) is 3.02. The van der Waals surface area contributed by atoms with Gasteiger partial charge in [0, 0.05) is 24.9 Å². The maximum absolute atomic E-state index is 5.91. The number of nitrogens with two attached hydrogens (primary N) is 1. The van der Waals surface area contributed by atoms with Gasteiger partial charge in [0.25, 0.3) is 0 Å². The quantitative estimate of drug-likeness (QED) is 0.597. The number of pyridine rings is 1. The van der Waals surface area contributed by atoms with Crippen LogP contribution in [0.1, 0.15) is 17.5 Å². The standard InChI is InChI=1S/C16H23N5O/c1-21(2)14(15-7-5-11-22-15)12-20-16(17)19-10-8-13-6-3-4-9-18-13/h3-7,9,11,14H,8,10,12H2,1-2H3,(H3,17,19,20). The molecule has 0 aliphatic carbocycles. The highest BCUT2D eigenvalue weighted by molar-refractivity contribution is 5.77. The van der Waals surface area contributed by atoms with Crippen molar-refractivity contribution in [2.24, 2.45) is 10.7 Å². The zero-order chi connectivity index (χ0) is 15.8. The molecule has 22 heavy (non-hydrogen) atoms. The number of likely N-dealkylation sites (N-methyl/N-ethyl adjacent to an activating group) is 1. The van der Waals surface area contributed by atoms with Gasteiger partial charge in [0.2, 0.25) is 0 Å². The summed E-state index contributed by atoms with van der Waals surface area (Å²) in [4.78, 5) is 10.7. The van der Waals surface area contributed by atoms with Crippen LogP contribution in [0.4, 0.5) is 0 Å². The molecule has 118 valence electrons. The van der Waals surface area contributed by atoms with Gasteiger partial charge < -0.3 is 15.5 Å². The summed E-state index contributed by atoms with van der Waals surface area (Å²) in [5, 5.41) is 3.11. The van der Waals surface area contributed by atoms with Crippen molar-refractivity contribution in [3.8, 4) is 0 Å². The molecule has 2 aromatic rings. The summed E-state index contributed by atoms with van der Waals surface area (Å²) in [6.45, 7) is 1.25. The Morgan fingerprint density at radius 1 is 1.36 bits per heavy atom. The van der Waals surface area contributed by atoms with E-state index in [1.807, 2.05) is 44.4 Å². The summed E-state index contributed by atoms with van der Waals surface area (Å²) in [6.07, 6.45) is 4.27. The van der Waals surface area contributed by atoms with Crippen molar-refractivity contribution in [1.82, 2.24) is 15.2 Å². The third-order valence-corrected chi connectivity index (χ3v) is 3.34. The summed E-state index contributed by atoms with van der Waals surface area (Å²) in [5.41, 5.74) is 6.94. The van der Waals surface area contributed by atoms with Crippen molar-refractivity contribution < 1.29 is 4.42 Å². The van der Waals surface area contributed by atoms with Crippen LogP contribution in [0.15, 0.2) is 52.2 Å². The van der Waals surface area contributed by atoms with E-state index in [0.29, 0.717) is 19.0 Å². The maximum Gasteiger partial charge on any atom is 0.188 e. The molecule has 1 atom stereocenters. The van der Waals surface area contributed by atoms with Gasteiger partial charge in [0.15, 0.2) is 5.96 Å². The Balaban J connectivity index is 1.81. The lowest BCUT2D eigenvalue weighted by Crippen LogP contribution is -2.34. The van der Waals surface area contributed by atoms with Crippen LogP contribution >= 0.6 is 0 Å². The molecule has 3 N–H and O–H groups in total. The number of nitrogens with one attached hydrogen (secondary N) is 1. The molecule has 0 fully saturated rings. The lowest BCUT2D eigenvalue weighted by Gasteiger charge is -2.20. The number of furan rings is 1. The Morgan fingerprint density at radius 3 is 2.86 bits per heavy atom. The van der Waals surface area contributed by atoms with E-state index in [1.54, 1.807) is 12.5 Å². The van der Waals surface area contributed by atoms with E-state index in [9.17, 15) is 0 Å². The Bertz CT molecular complexity index is 565. The van der Waals surface area contributed by atoms with Gasteiger partial charge in [-0.15, -0.1) is 0 Å². The van der Waals surface area contributed by atoms with Crippen LogP contribution in [0, 0.1) is 0 Å². The molecule has 1 unspecified atom stereocenters. The van der Waals surface area contributed by atoms with E-state index in [4.69, 9.17) is 10.2 Å². The molecule has 0 aliphatic rings. The second-order valence-electron chi connectivity index (χ2n) is 5.22. The van der Waals surface area contributed by atoms with E-state index in [2.05, 4.69) is 20.2 Å². The Hall–Kier alpha value is -2.34. The lowest BCUT2D eigenvalue weighted by atomic mass is 10.2. The smallest absolute Gasteiger partial charge is 0.188 e. The minimum atomic E-state index is 0.0751. The first kappa shape index (κ1) is 16.0. The largest absolute Gasteiger partial charge is 0.468 e. The van der Waals surface area contributed by atoms with E-state index >= 15 is 0 Å². The second kappa shape index (κ2) is 8.19. The van der Waals surface area contributed by atoms with Crippen molar-refractivity contribution in [1.29, 1.82) is 0 Å². The average molecular weight is 301 g/mol. The molecule has 0 saturated heterocycles. The normalized spacial score (nSPS) is 13.3. The fourth-order valence-electron chi connectivity index (χ4n) is 2.09. The van der Waals surface area contributed by atoms with Gasteiger partial charge in [0.1, 0.15) is 5.76 Å². The van der Waals surface area contributed by atoms with Gasteiger partial charge in [-0.1, -0.05) is 6.07 Å². The zero-order valence-corrected chi connectivity index (χ0v) is 13.1. The molecule has 0 aliphatic heterocycles. The molecule has 2 aromatic heterocycles. The van der Waals surface area contributed by atoms with Crippen LogP contribution in [0.25, 0.3) is 0 Å². The topological polar surface area (TPSA) is 79.7 Å². The maximum atomic E-state index is 5.91. The van der Waals surface area contributed by atoms with Gasteiger partial charge in [0.05, 0.1) is 18.8 Å². The highest BCUT2D eigenvalue weighted by Gasteiger charge is 2.16. The fourth-order valence-corrected chi connectivity index (χ4v) is 2.09. The Kier molecular flexibility index (Phi) is 5.97. The molecule has 0 spiro atoms. The van der Waals surface area contributed by atoms with Gasteiger partial charge >= 0.3 is 0 Å². The number of aromatic nitrogens is 1. The van der Waals surface area contributed by atoms with Gasteiger partial charge in [-0.2, -0.15) is 0 Å². The van der Waals surface area contributed by atoms with Crippen LogP contribution in [0.3, 0.4) is 0 Å². The Morgan fingerprint density at radius 2 is 2.23 bits per heavy atom. The number of aliphatic imine (C=N–C) groups is 1. The number of nitrogens with zero attached hydrogens (tertiary/aromatic N) is 3. The summed E-state index contributed by atoms with van der Waals surface area (Å²) < 4.78 is 5.45. The second-order valence-corrected chi connectivity index (χ2v) is 5.22. The summed E-state index contributed by atoms with van der Waals surface area (Å²) in [6, 6.07) is 9.78. The molecule has 0 bridgehead atoms. The van der Waals surface area contributed by atoms with Crippen molar-refractivity contribution in [2.75, 3.05) is 27.2 Å². The highest BCUT2D eigenvalue weighted by Crippen LogP contribution is 2.18. The zero-order valence-electron chi connectivity index (χ0n) is 13.1. The van der Waals surface area contributed by atoms with Crippen molar-refractivity contribution in [2.45, 2.75) is 12.5 Å². The van der Waals surface area contributed by atoms with E-state index < -0.39 is 0 Å². The van der Waals surface area contributed by atoms with Crippen LogP contribution in [-0.4, -0.2) is 43.0 Å². The number of hydrogen-bond donors (Lipinski definition) is 2. The molecule has 0 amide bonds. The molecular formula is C16H23N5O. The first-order valence-corrected chi connectivity index (χ1v) is 7.30. The summed E-state index contributed by atoms with van der Waals surface area (Å²) in [7, 11) is 3.99. The molecular weight excluding hydrogens is 278 g/mol. The number of hydrogen-bond acceptors (Lipinski definition) is 4. The predicted molar refractivity (Wildman–Crippen MR) is 87.6 cm³/mol. The van der Waals surface area contributed by atoms with Gasteiger partial charge in [-0.25, -0.2) is 0 Å². The lowest BCUT2D eigenvalue weighted by molar-refractivity contribution is 0.265. The minimum absolute atomic E-state index is 0.0751. The minimum Gasteiger partial charge on any atom is -0.468 e. The monoisotopic (exact) mass is 301 g/mol. The van der Waals surface area contributed by atoms with Crippen LogP contribution in [0.2, 0.25) is 0 Å². The van der Waals surface area contributed by atoms with E-state index in [-0.39, 0.29) is 6.04 Å². The van der Waals surface area contributed by atoms with Crippen molar-refractivity contribution in [3.63, 3.8) is 0 Å². The molecule has 0 saturated carbocycles. The molecule has 0 radical (unpaired) electrons. The number of guanidine groups is 1. The molecule has 0 aromatic carbocycles. The Labute approximate surface area is 131 Å².